The van der Waals surface area contributed by atoms with Gasteiger partial charge in [0.1, 0.15) is 17.8 Å². The molecule has 0 atom stereocenters. The maximum Gasteiger partial charge on any atom is 0.328 e. The Balaban J connectivity index is 1.15. The lowest BCUT2D eigenvalue weighted by Crippen LogP contribution is -2.32. The predicted molar refractivity (Wildman–Crippen MR) is 135 cm³/mol. The molecule has 1 N–H and O–H groups in total. The Morgan fingerprint density at radius 2 is 1.69 bits per heavy atom. The molecule has 0 unspecified atom stereocenters. The van der Waals surface area contributed by atoms with Crippen LogP contribution in [0.4, 0.5) is 10.8 Å². The Labute approximate surface area is 213 Å². The molecule has 0 spiro atoms. The number of amides is 3. The maximum absolute atomic E-state index is 12.9. The molecule has 1 aromatic heterocycles. The standard InChI is InChI=1S/C27H23ClN4O4/c28-23-9-5-4-6-20(23)17-31-14-15-32(27(31)34)26-30-24(18-35-26)25(33)29-16-19-10-12-22(13-11-19)36-21-7-2-1-3-8-21/h1-13,18H,14-17H2,(H,29,33). The van der Waals surface area contributed by atoms with Crippen molar-refractivity contribution in [3.8, 4) is 11.5 Å². The lowest BCUT2D eigenvalue weighted by molar-refractivity contribution is 0.0946. The monoisotopic (exact) mass is 502 g/mol. The third-order valence-corrected chi connectivity index (χ3v) is 6.09. The van der Waals surface area contributed by atoms with Crippen LogP contribution >= 0.6 is 11.6 Å². The first-order valence-electron chi connectivity index (χ1n) is 11.4. The third kappa shape index (κ3) is 5.34. The number of halogens is 1. The summed E-state index contributed by atoms with van der Waals surface area (Å²) in [6, 6.07) is 24.2. The van der Waals surface area contributed by atoms with Crippen molar-refractivity contribution in [1.29, 1.82) is 0 Å². The summed E-state index contributed by atoms with van der Waals surface area (Å²) in [5, 5.41) is 3.42. The molecule has 182 valence electrons. The summed E-state index contributed by atoms with van der Waals surface area (Å²) in [7, 11) is 0. The van der Waals surface area contributed by atoms with Gasteiger partial charge in [0.2, 0.25) is 0 Å². The first-order chi connectivity index (χ1) is 17.6. The van der Waals surface area contributed by atoms with E-state index in [9.17, 15) is 9.59 Å². The van der Waals surface area contributed by atoms with Crippen LogP contribution in [-0.2, 0) is 13.1 Å². The van der Waals surface area contributed by atoms with Crippen molar-refractivity contribution < 1.29 is 18.7 Å². The molecule has 0 bridgehead atoms. The topological polar surface area (TPSA) is 87.9 Å². The number of hydrogen-bond donors (Lipinski definition) is 1. The summed E-state index contributed by atoms with van der Waals surface area (Å²) in [5.74, 6) is 1.06. The molecule has 1 aliphatic rings. The van der Waals surface area contributed by atoms with Crippen molar-refractivity contribution in [3.63, 3.8) is 0 Å². The Morgan fingerprint density at radius 1 is 0.972 bits per heavy atom. The van der Waals surface area contributed by atoms with Crippen molar-refractivity contribution in [3.05, 3.63) is 107 Å². The zero-order chi connectivity index (χ0) is 24.9. The van der Waals surface area contributed by atoms with Crippen LogP contribution in [0.3, 0.4) is 0 Å². The van der Waals surface area contributed by atoms with E-state index in [0.717, 1.165) is 16.9 Å². The number of nitrogens with zero attached hydrogens (tertiary/aromatic N) is 3. The SMILES string of the molecule is O=C(NCc1ccc(Oc2ccccc2)cc1)c1coc(N2CCN(Cc3ccccc3Cl)C2=O)n1. The van der Waals surface area contributed by atoms with E-state index in [1.165, 1.54) is 11.2 Å². The number of hydrogen-bond acceptors (Lipinski definition) is 5. The minimum atomic E-state index is -0.394. The van der Waals surface area contributed by atoms with Crippen molar-refractivity contribution in [2.75, 3.05) is 18.0 Å². The minimum Gasteiger partial charge on any atom is -0.457 e. The summed E-state index contributed by atoms with van der Waals surface area (Å²) in [4.78, 5) is 32.8. The van der Waals surface area contributed by atoms with E-state index in [2.05, 4.69) is 10.3 Å². The number of anilines is 1. The molecular weight excluding hydrogens is 480 g/mol. The van der Waals surface area contributed by atoms with E-state index in [1.54, 1.807) is 11.0 Å². The van der Waals surface area contributed by atoms with Crippen LogP contribution in [0.25, 0.3) is 0 Å². The van der Waals surface area contributed by atoms with Crippen LogP contribution in [0.2, 0.25) is 5.02 Å². The minimum absolute atomic E-state index is 0.0919. The average Bonchev–Trinajstić information content (AvgIpc) is 3.52. The molecule has 2 heterocycles. The second-order valence-corrected chi connectivity index (χ2v) is 8.61. The van der Waals surface area contributed by atoms with Crippen LogP contribution in [0.1, 0.15) is 21.6 Å². The van der Waals surface area contributed by atoms with E-state index in [0.29, 0.717) is 37.0 Å². The van der Waals surface area contributed by atoms with Gasteiger partial charge in [0.25, 0.3) is 5.91 Å². The highest BCUT2D eigenvalue weighted by molar-refractivity contribution is 6.31. The van der Waals surface area contributed by atoms with Gasteiger partial charge in [0.05, 0.1) is 0 Å². The van der Waals surface area contributed by atoms with Crippen molar-refractivity contribution in [2.45, 2.75) is 13.1 Å². The normalized spacial score (nSPS) is 13.2. The Hall–Kier alpha value is -4.30. The fraction of sp³-hybridized carbons (Fsp3) is 0.148. The van der Waals surface area contributed by atoms with Crippen LogP contribution in [0.15, 0.2) is 89.5 Å². The predicted octanol–water partition coefficient (Wildman–Crippen LogP) is 5.49. The lowest BCUT2D eigenvalue weighted by atomic mass is 10.2. The second-order valence-electron chi connectivity index (χ2n) is 8.20. The zero-order valence-electron chi connectivity index (χ0n) is 19.3. The van der Waals surface area contributed by atoms with E-state index in [-0.39, 0.29) is 17.7 Å². The molecule has 3 aromatic carbocycles. The average molecular weight is 503 g/mol. The summed E-state index contributed by atoms with van der Waals surface area (Å²) in [6.45, 7) is 1.60. The van der Waals surface area contributed by atoms with Gasteiger partial charge in [0.15, 0.2) is 5.69 Å². The Kier molecular flexibility index (Phi) is 6.86. The number of benzene rings is 3. The van der Waals surface area contributed by atoms with Gasteiger partial charge in [-0.1, -0.05) is 60.1 Å². The van der Waals surface area contributed by atoms with Crippen LogP contribution in [0.5, 0.6) is 11.5 Å². The summed E-state index contributed by atoms with van der Waals surface area (Å²) in [5.41, 5.74) is 1.87. The number of para-hydroxylation sites is 1. The van der Waals surface area contributed by atoms with Gasteiger partial charge < -0.3 is 19.4 Å². The maximum atomic E-state index is 12.9. The van der Waals surface area contributed by atoms with Gasteiger partial charge in [-0.3, -0.25) is 4.79 Å². The van der Waals surface area contributed by atoms with Gasteiger partial charge in [-0.25, -0.2) is 9.69 Å². The number of ether oxygens (including phenoxy) is 1. The number of carbonyl (C=O) groups excluding carboxylic acids is 2. The zero-order valence-corrected chi connectivity index (χ0v) is 20.0. The quantitative estimate of drug-likeness (QED) is 0.344. The highest BCUT2D eigenvalue weighted by atomic mass is 35.5. The van der Waals surface area contributed by atoms with Crippen LogP contribution in [-0.4, -0.2) is 34.9 Å². The molecule has 8 nitrogen and oxygen atoms in total. The van der Waals surface area contributed by atoms with E-state index in [1.807, 2.05) is 72.8 Å². The Bertz CT molecular complexity index is 1360. The smallest absolute Gasteiger partial charge is 0.328 e. The van der Waals surface area contributed by atoms with Crippen molar-refractivity contribution in [1.82, 2.24) is 15.2 Å². The van der Waals surface area contributed by atoms with Gasteiger partial charge in [0, 0.05) is 31.2 Å². The summed E-state index contributed by atoms with van der Waals surface area (Å²) >= 11 is 6.22. The molecule has 5 rings (SSSR count). The summed E-state index contributed by atoms with van der Waals surface area (Å²) in [6.07, 6.45) is 1.26. The van der Waals surface area contributed by atoms with Gasteiger partial charge >= 0.3 is 12.0 Å². The van der Waals surface area contributed by atoms with E-state index in [4.69, 9.17) is 20.8 Å². The number of urea groups is 1. The molecule has 3 amide bonds. The largest absolute Gasteiger partial charge is 0.457 e. The van der Waals surface area contributed by atoms with Crippen LogP contribution < -0.4 is 15.0 Å². The fourth-order valence-electron chi connectivity index (χ4n) is 3.80. The molecule has 1 saturated heterocycles. The molecule has 1 aliphatic heterocycles. The Morgan fingerprint density at radius 3 is 2.47 bits per heavy atom. The van der Waals surface area contributed by atoms with Crippen molar-refractivity contribution >= 4 is 29.6 Å². The number of nitrogens with one attached hydrogen (secondary N) is 1. The molecular formula is C27H23ClN4O4. The lowest BCUT2D eigenvalue weighted by Gasteiger charge is -2.17. The molecule has 0 radical (unpaired) electrons. The summed E-state index contributed by atoms with van der Waals surface area (Å²) < 4.78 is 11.2. The number of aromatic nitrogens is 1. The van der Waals surface area contributed by atoms with Crippen LogP contribution in [0, 0.1) is 0 Å². The number of rotatable bonds is 8. The van der Waals surface area contributed by atoms with Gasteiger partial charge in [-0.15, -0.1) is 0 Å². The third-order valence-electron chi connectivity index (χ3n) is 5.72. The molecule has 36 heavy (non-hydrogen) atoms. The number of carbonyl (C=O) groups is 2. The second kappa shape index (κ2) is 10.5. The highest BCUT2D eigenvalue weighted by Crippen LogP contribution is 2.24. The molecule has 0 aliphatic carbocycles. The van der Waals surface area contributed by atoms with E-state index >= 15 is 0 Å². The molecule has 4 aromatic rings. The fourth-order valence-corrected chi connectivity index (χ4v) is 4.00. The van der Waals surface area contributed by atoms with Crippen molar-refractivity contribution in [2.24, 2.45) is 0 Å². The van der Waals surface area contributed by atoms with E-state index < -0.39 is 5.91 Å². The first kappa shape index (κ1) is 23.4. The number of oxazole rings is 1. The molecule has 9 heteroatoms. The molecule has 0 saturated carbocycles. The van der Waals surface area contributed by atoms with Gasteiger partial charge in [-0.2, -0.15) is 4.98 Å². The highest BCUT2D eigenvalue weighted by Gasteiger charge is 2.33. The first-order valence-corrected chi connectivity index (χ1v) is 11.8. The van der Waals surface area contributed by atoms with Gasteiger partial charge in [-0.05, 0) is 41.5 Å². The molecule has 1 fully saturated rings.